The molecule has 0 aliphatic rings. The Morgan fingerprint density at radius 2 is 1.76 bits per heavy atom. The summed E-state index contributed by atoms with van der Waals surface area (Å²) in [6, 6.07) is 17.3. The fraction of sp³-hybridized carbons (Fsp3) is 0.118. The zero-order chi connectivity index (χ0) is 14.7. The lowest BCUT2D eigenvalue weighted by molar-refractivity contribution is 0.220. The van der Waals surface area contributed by atoms with E-state index in [4.69, 9.17) is 4.74 Å². The third kappa shape index (κ3) is 2.96. The van der Waals surface area contributed by atoms with Gasteiger partial charge in [0.2, 0.25) is 0 Å². The maximum absolute atomic E-state index is 10.4. The van der Waals surface area contributed by atoms with Crippen molar-refractivity contribution in [3.8, 4) is 17.0 Å². The summed E-state index contributed by atoms with van der Waals surface area (Å²) >= 11 is 1.46. The van der Waals surface area contributed by atoms with E-state index in [9.17, 15) is 5.11 Å². The number of aliphatic hydroxyl groups is 1. The van der Waals surface area contributed by atoms with Crippen LogP contribution in [0.25, 0.3) is 11.3 Å². The molecule has 2 aromatic carbocycles. The van der Waals surface area contributed by atoms with Crippen LogP contribution in [0.4, 0.5) is 0 Å². The van der Waals surface area contributed by atoms with Crippen molar-refractivity contribution in [3.05, 3.63) is 70.5 Å². The van der Waals surface area contributed by atoms with Gasteiger partial charge in [0.25, 0.3) is 0 Å². The van der Waals surface area contributed by atoms with E-state index in [-0.39, 0.29) is 0 Å². The van der Waals surface area contributed by atoms with Crippen LogP contribution < -0.4 is 4.74 Å². The Kier molecular flexibility index (Phi) is 3.99. The lowest BCUT2D eigenvalue weighted by atomic mass is 10.1. The second-order valence-electron chi connectivity index (χ2n) is 4.61. The first kappa shape index (κ1) is 13.8. The molecule has 1 N–H and O–H groups in total. The zero-order valence-electron chi connectivity index (χ0n) is 11.6. The molecule has 106 valence electrons. The van der Waals surface area contributed by atoms with E-state index in [2.05, 4.69) is 4.98 Å². The monoisotopic (exact) mass is 297 g/mol. The molecule has 0 amide bonds. The van der Waals surface area contributed by atoms with Crippen LogP contribution in [0.15, 0.2) is 60.0 Å². The van der Waals surface area contributed by atoms with Crippen LogP contribution in [-0.2, 0) is 0 Å². The molecule has 21 heavy (non-hydrogen) atoms. The van der Waals surface area contributed by atoms with Gasteiger partial charge in [0, 0.05) is 10.9 Å². The van der Waals surface area contributed by atoms with Crippen LogP contribution in [0.2, 0.25) is 0 Å². The van der Waals surface area contributed by atoms with Gasteiger partial charge in [-0.1, -0.05) is 30.3 Å². The van der Waals surface area contributed by atoms with Crippen molar-refractivity contribution in [1.29, 1.82) is 0 Å². The molecule has 0 fully saturated rings. The minimum absolute atomic E-state index is 0.678. The van der Waals surface area contributed by atoms with Gasteiger partial charge in [-0.15, -0.1) is 11.3 Å². The van der Waals surface area contributed by atoms with Crippen LogP contribution >= 0.6 is 11.3 Å². The Morgan fingerprint density at radius 1 is 1.05 bits per heavy atom. The zero-order valence-corrected chi connectivity index (χ0v) is 12.4. The Labute approximate surface area is 127 Å². The number of ether oxygens (including phenoxy) is 1. The average Bonchev–Trinajstić information content (AvgIpc) is 3.05. The Balaban J connectivity index is 1.85. The van der Waals surface area contributed by atoms with E-state index in [1.54, 1.807) is 7.11 Å². The summed E-state index contributed by atoms with van der Waals surface area (Å²) in [5, 5.41) is 13.0. The number of hydrogen-bond donors (Lipinski definition) is 1. The highest BCUT2D eigenvalue weighted by atomic mass is 32.1. The number of aromatic nitrogens is 1. The van der Waals surface area contributed by atoms with E-state index in [1.165, 1.54) is 11.3 Å². The predicted octanol–water partition coefficient (Wildman–Crippen LogP) is 3.90. The molecule has 0 aliphatic heterocycles. The quantitative estimate of drug-likeness (QED) is 0.794. The maximum Gasteiger partial charge on any atom is 0.131 e. The fourth-order valence-electron chi connectivity index (χ4n) is 2.09. The smallest absolute Gasteiger partial charge is 0.131 e. The summed E-state index contributed by atoms with van der Waals surface area (Å²) in [5.41, 5.74) is 2.74. The number of benzene rings is 2. The van der Waals surface area contributed by atoms with Crippen molar-refractivity contribution in [2.45, 2.75) is 6.10 Å². The van der Waals surface area contributed by atoms with Crippen molar-refractivity contribution >= 4 is 11.3 Å². The predicted molar refractivity (Wildman–Crippen MR) is 84.6 cm³/mol. The molecule has 3 nitrogen and oxygen atoms in total. The van der Waals surface area contributed by atoms with Gasteiger partial charge in [0.15, 0.2) is 0 Å². The van der Waals surface area contributed by atoms with Gasteiger partial charge in [0.05, 0.1) is 12.8 Å². The molecule has 1 aromatic heterocycles. The largest absolute Gasteiger partial charge is 0.497 e. The molecule has 0 bridgehead atoms. The van der Waals surface area contributed by atoms with Crippen molar-refractivity contribution in [1.82, 2.24) is 4.98 Å². The molecule has 4 heteroatoms. The lowest BCUT2D eigenvalue weighted by Crippen LogP contribution is -1.98. The van der Waals surface area contributed by atoms with Gasteiger partial charge in [0.1, 0.15) is 16.9 Å². The van der Waals surface area contributed by atoms with Crippen molar-refractivity contribution < 1.29 is 9.84 Å². The highest BCUT2D eigenvalue weighted by molar-refractivity contribution is 7.10. The minimum atomic E-state index is -0.678. The van der Waals surface area contributed by atoms with Crippen LogP contribution in [0.1, 0.15) is 16.7 Å². The number of methoxy groups -OCH3 is 1. The van der Waals surface area contributed by atoms with Gasteiger partial charge < -0.3 is 9.84 Å². The summed E-state index contributed by atoms with van der Waals surface area (Å²) in [7, 11) is 1.65. The van der Waals surface area contributed by atoms with Gasteiger partial charge in [-0.05, 0) is 29.8 Å². The molecule has 0 saturated heterocycles. The van der Waals surface area contributed by atoms with Gasteiger partial charge in [-0.3, -0.25) is 0 Å². The van der Waals surface area contributed by atoms with Crippen LogP contribution in [0, 0.1) is 0 Å². The SMILES string of the molecule is COc1ccc(-c2csc(C(O)c3ccccc3)n2)cc1. The second-order valence-corrected chi connectivity index (χ2v) is 5.50. The molecule has 3 rings (SSSR count). The maximum atomic E-state index is 10.4. The number of rotatable bonds is 4. The summed E-state index contributed by atoms with van der Waals surface area (Å²) < 4.78 is 5.15. The average molecular weight is 297 g/mol. The Bertz CT molecular complexity index is 707. The van der Waals surface area contributed by atoms with Crippen LogP contribution in [-0.4, -0.2) is 17.2 Å². The number of thiazole rings is 1. The molecule has 1 heterocycles. The molecule has 3 aromatic rings. The fourth-order valence-corrected chi connectivity index (χ4v) is 2.92. The van der Waals surface area contributed by atoms with E-state index in [0.717, 1.165) is 22.6 Å². The Hall–Kier alpha value is -2.17. The van der Waals surface area contributed by atoms with Gasteiger partial charge >= 0.3 is 0 Å². The molecule has 1 atom stereocenters. The number of aliphatic hydroxyl groups excluding tert-OH is 1. The van der Waals surface area contributed by atoms with Crippen LogP contribution in [0.3, 0.4) is 0 Å². The summed E-state index contributed by atoms with van der Waals surface area (Å²) in [6.45, 7) is 0. The normalized spacial score (nSPS) is 12.1. The third-order valence-electron chi connectivity index (χ3n) is 3.26. The van der Waals surface area contributed by atoms with Crippen molar-refractivity contribution in [2.75, 3.05) is 7.11 Å². The molecule has 0 spiro atoms. The molecular weight excluding hydrogens is 282 g/mol. The first-order chi connectivity index (χ1) is 10.3. The second kappa shape index (κ2) is 6.08. The summed E-state index contributed by atoms with van der Waals surface area (Å²) in [5.74, 6) is 0.818. The molecule has 0 aliphatic carbocycles. The number of hydrogen-bond acceptors (Lipinski definition) is 4. The molecule has 0 radical (unpaired) electrons. The standard InChI is InChI=1S/C17H15NO2S/c1-20-14-9-7-12(8-10-14)15-11-21-17(18-15)16(19)13-5-3-2-4-6-13/h2-11,16,19H,1H3. The van der Waals surface area contributed by atoms with Crippen LogP contribution in [0.5, 0.6) is 5.75 Å². The van der Waals surface area contributed by atoms with E-state index >= 15 is 0 Å². The first-order valence-corrected chi connectivity index (χ1v) is 7.49. The molecular formula is C17H15NO2S. The van der Waals surface area contributed by atoms with Crippen molar-refractivity contribution in [3.63, 3.8) is 0 Å². The highest BCUT2D eigenvalue weighted by Crippen LogP contribution is 2.29. The number of nitrogens with zero attached hydrogens (tertiary/aromatic N) is 1. The molecule has 0 saturated carbocycles. The van der Waals surface area contributed by atoms with Crippen molar-refractivity contribution in [2.24, 2.45) is 0 Å². The summed E-state index contributed by atoms with van der Waals surface area (Å²) in [4.78, 5) is 4.54. The molecule has 1 unspecified atom stereocenters. The van der Waals surface area contributed by atoms with E-state index in [1.807, 2.05) is 60.0 Å². The van der Waals surface area contributed by atoms with Gasteiger partial charge in [-0.2, -0.15) is 0 Å². The van der Waals surface area contributed by atoms with E-state index in [0.29, 0.717) is 5.01 Å². The van der Waals surface area contributed by atoms with Gasteiger partial charge in [-0.25, -0.2) is 4.98 Å². The van der Waals surface area contributed by atoms with E-state index < -0.39 is 6.10 Å². The minimum Gasteiger partial charge on any atom is -0.497 e. The lowest BCUT2D eigenvalue weighted by Gasteiger charge is -2.07. The topological polar surface area (TPSA) is 42.4 Å². The third-order valence-corrected chi connectivity index (χ3v) is 4.15. The Morgan fingerprint density at radius 3 is 2.43 bits per heavy atom. The highest BCUT2D eigenvalue weighted by Gasteiger charge is 2.15. The summed E-state index contributed by atoms with van der Waals surface area (Å²) in [6.07, 6.45) is -0.678. The first-order valence-electron chi connectivity index (χ1n) is 6.61.